The van der Waals surface area contributed by atoms with Crippen LogP contribution in [0.3, 0.4) is 0 Å². The number of hydrogen-bond acceptors (Lipinski definition) is 3. The number of nitro groups is 1. The van der Waals surface area contributed by atoms with Crippen LogP contribution in [-0.2, 0) is 6.54 Å². The maximum absolute atomic E-state index is 10.9. The van der Waals surface area contributed by atoms with Gasteiger partial charge in [-0.05, 0) is 32.7 Å². The molecule has 0 radical (unpaired) electrons. The molecular formula is C13H18N2O2. The molecule has 1 atom stereocenters. The number of hydrogen-bond donors (Lipinski definition) is 0. The van der Waals surface area contributed by atoms with Crippen molar-refractivity contribution in [2.45, 2.75) is 32.4 Å². The van der Waals surface area contributed by atoms with E-state index in [2.05, 4.69) is 11.8 Å². The van der Waals surface area contributed by atoms with Crippen LogP contribution in [0.5, 0.6) is 0 Å². The maximum Gasteiger partial charge on any atom is 0.273 e. The van der Waals surface area contributed by atoms with Gasteiger partial charge in [-0.3, -0.25) is 15.0 Å². The first-order chi connectivity index (χ1) is 8.09. The minimum atomic E-state index is -0.301. The zero-order valence-corrected chi connectivity index (χ0v) is 10.3. The molecule has 0 amide bonds. The van der Waals surface area contributed by atoms with E-state index in [1.165, 1.54) is 12.8 Å². The molecule has 1 aliphatic rings. The number of para-hydroxylation sites is 1. The molecule has 17 heavy (non-hydrogen) atoms. The quantitative estimate of drug-likeness (QED) is 0.581. The number of rotatable bonds is 5. The highest BCUT2D eigenvalue weighted by molar-refractivity contribution is 5.39. The van der Waals surface area contributed by atoms with Crippen LogP contribution in [-0.4, -0.2) is 22.9 Å². The normalized spacial score (nSPS) is 17.1. The van der Waals surface area contributed by atoms with Crippen molar-refractivity contribution in [3.8, 4) is 0 Å². The van der Waals surface area contributed by atoms with Gasteiger partial charge in [-0.1, -0.05) is 18.2 Å². The summed E-state index contributed by atoms with van der Waals surface area (Å²) in [6.07, 6.45) is 2.59. The van der Waals surface area contributed by atoms with Crippen molar-refractivity contribution in [2.75, 3.05) is 7.05 Å². The van der Waals surface area contributed by atoms with Crippen LogP contribution in [0.15, 0.2) is 24.3 Å². The Morgan fingerprint density at radius 3 is 2.71 bits per heavy atom. The van der Waals surface area contributed by atoms with E-state index in [-0.39, 0.29) is 10.6 Å². The third-order valence-electron chi connectivity index (χ3n) is 3.61. The molecule has 0 heterocycles. The van der Waals surface area contributed by atoms with E-state index in [9.17, 15) is 10.1 Å². The van der Waals surface area contributed by atoms with E-state index < -0.39 is 0 Å². The molecule has 92 valence electrons. The van der Waals surface area contributed by atoms with Gasteiger partial charge in [-0.25, -0.2) is 0 Å². The summed E-state index contributed by atoms with van der Waals surface area (Å²) in [5.41, 5.74) is 1.02. The molecule has 0 aliphatic heterocycles. The molecule has 1 aromatic rings. The summed E-state index contributed by atoms with van der Waals surface area (Å²) in [6, 6.07) is 7.50. The molecular weight excluding hydrogens is 216 g/mol. The van der Waals surface area contributed by atoms with Crippen LogP contribution in [0.4, 0.5) is 5.69 Å². The van der Waals surface area contributed by atoms with Gasteiger partial charge in [0.05, 0.1) is 4.92 Å². The van der Waals surface area contributed by atoms with Gasteiger partial charge in [0, 0.05) is 24.2 Å². The maximum atomic E-state index is 10.9. The highest BCUT2D eigenvalue weighted by Gasteiger charge is 2.30. The summed E-state index contributed by atoms with van der Waals surface area (Å²) < 4.78 is 0. The second-order valence-corrected chi connectivity index (χ2v) is 4.88. The summed E-state index contributed by atoms with van der Waals surface area (Å²) in [4.78, 5) is 12.8. The van der Waals surface area contributed by atoms with Crippen LogP contribution >= 0.6 is 0 Å². The van der Waals surface area contributed by atoms with Gasteiger partial charge in [0.25, 0.3) is 5.69 Å². The Morgan fingerprint density at radius 2 is 2.12 bits per heavy atom. The predicted octanol–water partition coefficient (Wildman–Crippen LogP) is 2.83. The zero-order chi connectivity index (χ0) is 12.4. The van der Waals surface area contributed by atoms with Crippen molar-refractivity contribution in [1.82, 2.24) is 4.90 Å². The fourth-order valence-electron chi connectivity index (χ4n) is 2.17. The Kier molecular flexibility index (Phi) is 3.43. The van der Waals surface area contributed by atoms with Crippen LogP contribution in [0.1, 0.15) is 25.3 Å². The van der Waals surface area contributed by atoms with Crippen LogP contribution in [0.2, 0.25) is 0 Å². The lowest BCUT2D eigenvalue weighted by Crippen LogP contribution is -2.30. The predicted molar refractivity (Wildman–Crippen MR) is 66.7 cm³/mol. The van der Waals surface area contributed by atoms with Crippen molar-refractivity contribution >= 4 is 5.69 Å². The molecule has 4 heteroatoms. The number of benzene rings is 1. The van der Waals surface area contributed by atoms with Gasteiger partial charge in [0.1, 0.15) is 0 Å². The molecule has 1 aromatic carbocycles. The van der Waals surface area contributed by atoms with Crippen molar-refractivity contribution in [3.05, 3.63) is 39.9 Å². The fraction of sp³-hybridized carbons (Fsp3) is 0.538. The van der Waals surface area contributed by atoms with E-state index in [1.54, 1.807) is 12.1 Å². The molecule has 0 N–H and O–H groups in total. The Morgan fingerprint density at radius 1 is 1.47 bits per heavy atom. The molecule has 1 fully saturated rings. The van der Waals surface area contributed by atoms with E-state index in [4.69, 9.17) is 0 Å². The second-order valence-electron chi connectivity index (χ2n) is 4.88. The van der Waals surface area contributed by atoms with Gasteiger partial charge >= 0.3 is 0 Å². The first kappa shape index (κ1) is 12.0. The standard InChI is InChI=1S/C13H18N2O2/c1-10(11-7-8-11)14(2)9-12-5-3-4-6-13(12)15(16)17/h3-6,10-11H,7-9H2,1-2H3. The van der Waals surface area contributed by atoms with Crippen molar-refractivity contribution < 1.29 is 4.92 Å². The summed E-state index contributed by atoms with van der Waals surface area (Å²) in [5, 5.41) is 10.9. The van der Waals surface area contributed by atoms with E-state index in [0.717, 1.165) is 11.5 Å². The Bertz CT molecular complexity index is 416. The molecule has 1 unspecified atom stereocenters. The zero-order valence-electron chi connectivity index (χ0n) is 10.3. The topological polar surface area (TPSA) is 46.4 Å². The third-order valence-corrected chi connectivity index (χ3v) is 3.61. The molecule has 0 bridgehead atoms. The van der Waals surface area contributed by atoms with Gasteiger partial charge in [0.15, 0.2) is 0 Å². The van der Waals surface area contributed by atoms with Gasteiger partial charge < -0.3 is 0 Å². The van der Waals surface area contributed by atoms with Crippen molar-refractivity contribution in [3.63, 3.8) is 0 Å². The van der Waals surface area contributed by atoms with E-state index in [1.807, 2.05) is 19.2 Å². The van der Waals surface area contributed by atoms with Gasteiger partial charge in [-0.2, -0.15) is 0 Å². The van der Waals surface area contributed by atoms with E-state index in [0.29, 0.717) is 12.6 Å². The Balaban J connectivity index is 2.09. The fourth-order valence-corrected chi connectivity index (χ4v) is 2.17. The monoisotopic (exact) mass is 234 g/mol. The summed E-state index contributed by atoms with van der Waals surface area (Å²) >= 11 is 0. The largest absolute Gasteiger partial charge is 0.299 e. The van der Waals surface area contributed by atoms with Crippen molar-refractivity contribution in [1.29, 1.82) is 0 Å². The average Bonchev–Trinajstić information content (AvgIpc) is 3.12. The number of nitrogens with zero attached hydrogens (tertiary/aromatic N) is 2. The smallest absolute Gasteiger partial charge is 0.273 e. The Hall–Kier alpha value is -1.42. The minimum Gasteiger partial charge on any atom is -0.299 e. The van der Waals surface area contributed by atoms with Crippen LogP contribution < -0.4 is 0 Å². The summed E-state index contributed by atoms with van der Waals surface area (Å²) in [5.74, 6) is 0.780. The first-order valence-corrected chi connectivity index (χ1v) is 6.02. The van der Waals surface area contributed by atoms with Crippen molar-refractivity contribution in [2.24, 2.45) is 5.92 Å². The first-order valence-electron chi connectivity index (χ1n) is 6.02. The van der Waals surface area contributed by atoms with E-state index >= 15 is 0 Å². The van der Waals surface area contributed by atoms with Crippen LogP contribution in [0, 0.1) is 16.0 Å². The average molecular weight is 234 g/mol. The molecule has 2 rings (SSSR count). The number of nitro benzene ring substituents is 1. The van der Waals surface area contributed by atoms with Crippen LogP contribution in [0.25, 0.3) is 0 Å². The molecule has 0 aromatic heterocycles. The highest BCUT2D eigenvalue weighted by atomic mass is 16.6. The molecule has 0 saturated heterocycles. The van der Waals surface area contributed by atoms with Gasteiger partial charge in [-0.15, -0.1) is 0 Å². The third kappa shape index (κ3) is 2.82. The SMILES string of the molecule is CC(C1CC1)N(C)Cc1ccccc1[N+](=O)[O-]. The Labute approximate surface area is 101 Å². The summed E-state index contributed by atoms with van der Waals surface area (Å²) in [7, 11) is 2.04. The molecule has 1 aliphatic carbocycles. The summed E-state index contributed by atoms with van der Waals surface area (Å²) in [6.45, 7) is 2.85. The highest BCUT2D eigenvalue weighted by Crippen LogP contribution is 2.35. The lowest BCUT2D eigenvalue weighted by atomic mass is 10.1. The van der Waals surface area contributed by atoms with Gasteiger partial charge in [0.2, 0.25) is 0 Å². The lowest BCUT2D eigenvalue weighted by Gasteiger charge is -2.24. The minimum absolute atomic E-state index is 0.224. The molecule has 0 spiro atoms. The second kappa shape index (κ2) is 4.84. The lowest BCUT2D eigenvalue weighted by molar-refractivity contribution is -0.385. The molecule has 4 nitrogen and oxygen atoms in total. The molecule has 1 saturated carbocycles.